The molecule has 0 aliphatic rings. The SMILES string of the molecule is CC#N.CC#N.CC(C)(C#Cc1cc(N)c(F)cc1NC[C@@H](O)COCc1ccccc1)COCc1ccccc1.CC(C)(COCc1ccccc1)c1cc2cc(N)c(F)cc2n1C[C@@H](O)COCc1ccccc1.[Cl][Pd][Cl]. The number of ether oxygens (including phenoxy) is 4. The van der Waals surface area contributed by atoms with Gasteiger partial charge in [0.2, 0.25) is 0 Å². The third kappa shape index (κ3) is 25.6. The average Bonchev–Trinajstić information content (AvgIpc) is 4.03. The molecule has 0 bridgehead atoms. The number of hydrogen-bond acceptors (Lipinski definition) is 11. The van der Waals surface area contributed by atoms with E-state index in [1.165, 1.54) is 32.0 Å². The van der Waals surface area contributed by atoms with Gasteiger partial charge >= 0.3 is 35.0 Å². The Balaban J connectivity index is 0.000000361. The molecule has 0 amide bonds. The van der Waals surface area contributed by atoms with Crippen LogP contribution in [-0.2, 0) is 73.3 Å². The Morgan fingerprint density at radius 3 is 1.49 bits per heavy atom. The number of benzene rings is 6. The molecular formula is C62H72Cl2F2N6O6Pd. The van der Waals surface area contributed by atoms with Crippen molar-refractivity contribution in [2.45, 2.75) is 92.1 Å². The van der Waals surface area contributed by atoms with Gasteiger partial charge in [-0.3, -0.25) is 0 Å². The first-order chi connectivity index (χ1) is 37.9. The van der Waals surface area contributed by atoms with Gasteiger partial charge in [0.05, 0.1) is 106 Å². The van der Waals surface area contributed by atoms with Gasteiger partial charge in [0.25, 0.3) is 0 Å². The van der Waals surface area contributed by atoms with Crippen molar-refractivity contribution in [2.75, 3.05) is 49.8 Å². The number of halogens is 4. The van der Waals surface area contributed by atoms with Crippen LogP contribution in [0.25, 0.3) is 10.9 Å². The minimum atomic E-state index is -0.775. The van der Waals surface area contributed by atoms with Crippen LogP contribution in [0.4, 0.5) is 25.8 Å². The summed E-state index contributed by atoms with van der Waals surface area (Å²) in [6, 6.07) is 50.9. The fourth-order valence-electron chi connectivity index (χ4n) is 7.57. The van der Waals surface area contributed by atoms with E-state index >= 15 is 0 Å². The van der Waals surface area contributed by atoms with E-state index in [-0.39, 0.29) is 53.6 Å². The van der Waals surface area contributed by atoms with E-state index in [1.54, 1.807) is 18.2 Å². The molecule has 424 valence electrons. The van der Waals surface area contributed by atoms with Crippen LogP contribution in [0.1, 0.15) is 75.1 Å². The molecule has 7 N–H and O–H groups in total. The second kappa shape index (κ2) is 36.8. The number of nitriles is 2. The van der Waals surface area contributed by atoms with Crippen molar-refractivity contribution in [3.05, 3.63) is 197 Å². The molecule has 1 aromatic heterocycles. The van der Waals surface area contributed by atoms with Gasteiger partial charge in [-0.2, -0.15) is 10.5 Å². The van der Waals surface area contributed by atoms with Gasteiger partial charge in [0, 0.05) is 60.0 Å². The molecule has 0 fully saturated rings. The van der Waals surface area contributed by atoms with E-state index in [0.717, 1.165) is 33.3 Å². The number of nitrogens with one attached hydrogen (secondary N) is 1. The van der Waals surface area contributed by atoms with Crippen LogP contribution >= 0.6 is 19.1 Å². The molecule has 0 unspecified atom stereocenters. The van der Waals surface area contributed by atoms with E-state index in [0.29, 0.717) is 56.4 Å². The monoisotopic (exact) mass is 1210 g/mol. The number of nitrogens with zero attached hydrogens (tertiary/aromatic N) is 3. The first-order valence-corrected chi connectivity index (χ1v) is 29.1. The summed E-state index contributed by atoms with van der Waals surface area (Å²) in [6.45, 7) is 14.5. The summed E-state index contributed by atoms with van der Waals surface area (Å²) in [5.41, 5.74) is 17.8. The van der Waals surface area contributed by atoms with E-state index in [4.69, 9.17) is 60.0 Å². The maximum absolute atomic E-state index is 14.4. The van der Waals surface area contributed by atoms with Crippen LogP contribution in [0.3, 0.4) is 0 Å². The first kappa shape index (κ1) is 66.9. The molecule has 0 aliphatic carbocycles. The van der Waals surface area contributed by atoms with Crippen LogP contribution in [0.15, 0.2) is 152 Å². The van der Waals surface area contributed by atoms with Crippen molar-refractivity contribution < 1.29 is 53.9 Å². The van der Waals surface area contributed by atoms with E-state index in [2.05, 4.69) is 31.0 Å². The molecule has 0 spiro atoms. The minimum absolute atomic E-state index is 0.0183. The molecule has 79 heavy (non-hydrogen) atoms. The topological polar surface area (TPSA) is 194 Å². The van der Waals surface area contributed by atoms with Crippen molar-refractivity contribution in [3.63, 3.8) is 0 Å². The molecule has 6 aromatic carbocycles. The van der Waals surface area contributed by atoms with E-state index < -0.39 is 34.7 Å². The molecule has 0 aliphatic heterocycles. The van der Waals surface area contributed by atoms with Crippen LogP contribution in [0.2, 0.25) is 0 Å². The number of anilines is 3. The number of nitrogens with two attached hydrogens (primary N) is 2. The van der Waals surface area contributed by atoms with Gasteiger partial charge in [-0.1, -0.05) is 147 Å². The van der Waals surface area contributed by atoms with Gasteiger partial charge in [-0.05, 0) is 54.3 Å². The zero-order chi connectivity index (χ0) is 58.1. The summed E-state index contributed by atoms with van der Waals surface area (Å²) in [5.74, 6) is 5.30. The fraction of sp³-hybridized carbons (Fsp3) is 0.323. The summed E-state index contributed by atoms with van der Waals surface area (Å²) in [4.78, 5) is 0. The normalized spacial score (nSPS) is 11.5. The number of hydrogen-bond donors (Lipinski definition) is 5. The number of fused-ring (bicyclic) bond motifs is 1. The Kier molecular flexibility index (Phi) is 31.1. The standard InChI is InChI=1S/2C29H33FN2O3.2C2H3N.2ClH.Pd/c1-29(2,20-35-18-22-11-7-4-8-12-22)28-14-23-13-26(31)25(30)15-27(23)32(28)16-24(33)19-34-17-21-9-5-3-6-10-21;1-29(2,21-35-19-23-11-7-4-8-12-23)14-13-24-15-27(31)26(30)16-28(24)32-17-25(33)20-34-18-22-9-5-3-6-10-22;2*1-2-3;;;/h3-15,24,33H,16-20,31H2,1-2H3;3-12,15-16,25,32-33H,17-21,31H2,1-2H3;2*1H3;2*1H;/q;;;;;;+2/p-2/t24-;25-;;;;;/m11...../s1. The average molecular weight is 1210 g/mol. The Labute approximate surface area is 481 Å². The van der Waals surface area contributed by atoms with Crippen molar-refractivity contribution >= 4 is 47.0 Å². The van der Waals surface area contributed by atoms with Gasteiger partial charge in [-0.25, -0.2) is 8.78 Å². The molecule has 7 rings (SSSR count). The van der Waals surface area contributed by atoms with Gasteiger partial charge in [-0.15, -0.1) is 0 Å². The summed E-state index contributed by atoms with van der Waals surface area (Å²) in [5, 5.41) is 39.6. The number of rotatable bonds is 22. The number of aliphatic hydroxyl groups is 2. The molecule has 17 heteroatoms. The number of nitrogen functional groups attached to an aromatic ring is 2. The van der Waals surface area contributed by atoms with Gasteiger partial charge in [0.15, 0.2) is 0 Å². The summed E-state index contributed by atoms with van der Waals surface area (Å²) in [7, 11) is 9.63. The molecule has 7 aromatic rings. The molecule has 0 saturated heterocycles. The maximum atomic E-state index is 14.4. The Morgan fingerprint density at radius 1 is 0.620 bits per heavy atom. The van der Waals surface area contributed by atoms with Crippen LogP contribution in [-0.4, -0.2) is 60.0 Å². The van der Waals surface area contributed by atoms with Crippen molar-refractivity contribution in [2.24, 2.45) is 5.41 Å². The third-order valence-corrected chi connectivity index (χ3v) is 11.3. The Bertz CT molecular complexity index is 2980. The predicted octanol–water partition coefficient (Wildman–Crippen LogP) is 12.9. The summed E-state index contributed by atoms with van der Waals surface area (Å²) in [6.07, 6.45) is -1.54. The van der Waals surface area contributed by atoms with Crippen LogP contribution in [0.5, 0.6) is 0 Å². The van der Waals surface area contributed by atoms with Gasteiger partial charge in [0.1, 0.15) is 11.6 Å². The van der Waals surface area contributed by atoms with Crippen molar-refractivity contribution in [1.29, 1.82) is 10.5 Å². The van der Waals surface area contributed by atoms with E-state index in [9.17, 15) is 19.0 Å². The third-order valence-electron chi connectivity index (χ3n) is 11.3. The van der Waals surface area contributed by atoms with Crippen molar-refractivity contribution in [1.82, 2.24) is 4.57 Å². The summed E-state index contributed by atoms with van der Waals surface area (Å²) < 4.78 is 53.7. The predicted molar refractivity (Wildman–Crippen MR) is 310 cm³/mol. The second-order valence-electron chi connectivity index (χ2n) is 19.1. The zero-order valence-corrected chi connectivity index (χ0v) is 48.6. The summed E-state index contributed by atoms with van der Waals surface area (Å²) >= 11 is -0.106. The molecule has 2 atom stereocenters. The first-order valence-electron chi connectivity index (χ1n) is 25.1. The van der Waals surface area contributed by atoms with E-state index in [1.807, 2.05) is 146 Å². The quantitative estimate of drug-likeness (QED) is 0.0246. The van der Waals surface area contributed by atoms with Crippen LogP contribution < -0.4 is 16.8 Å². The molecular weight excluding hydrogens is 1140 g/mol. The van der Waals surface area contributed by atoms with Gasteiger partial charge < -0.3 is 50.5 Å². The second-order valence-corrected chi connectivity index (χ2v) is 21.5. The fourth-order valence-corrected chi connectivity index (χ4v) is 7.57. The molecule has 0 radical (unpaired) electrons. The molecule has 12 nitrogen and oxygen atoms in total. The Hall–Kier alpha value is -6.34. The molecule has 0 saturated carbocycles. The number of aromatic nitrogens is 1. The van der Waals surface area contributed by atoms with Crippen molar-refractivity contribution in [3.8, 4) is 24.0 Å². The Morgan fingerprint density at radius 2 is 1.03 bits per heavy atom. The van der Waals surface area contributed by atoms with Crippen LogP contribution in [0, 0.1) is 51.6 Å². The number of aliphatic hydroxyl groups excluding tert-OH is 2. The molecule has 1 heterocycles. The zero-order valence-electron chi connectivity index (χ0n) is 45.5.